The summed E-state index contributed by atoms with van der Waals surface area (Å²) in [6, 6.07) is 15.4. The van der Waals surface area contributed by atoms with Crippen LogP contribution in [0, 0.1) is 0 Å². The summed E-state index contributed by atoms with van der Waals surface area (Å²) in [4.78, 5) is 7.94. The number of methoxy groups -OCH3 is 1. The van der Waals surface area contributed by atoms with E-state index in [-0.39, 0.29) is 5.75 Å². The Kier molecular flexibility index (Phi) is 2.76. The zero-order valence-corrected chi connectivity index (χ0v) is 12.0. The second-order valence-corrected chi connectivity index (χ2v) is 5.14. The minimum atomic E-state index is 0.120. The molecule has 0 spiro atoms. The van der Waals surface area contributed by atoms with E-state index in [1.165, 1.54) is 12.5 Å². The molecule has 108 valence electrons. The first-order valence-electron chi connectivity index (χ1n) is 7.01. The quantitative estimate of drug-likeness (QED) is 0.584. The van der Waals surface area contributed by atoms with Gasteiger partial charge in [0.1, 0.15) is 0 Å². The van der Waals surface area contributed by atoms with Crippen molar-refractivity contribution in [3.8, 4) is 22.8 Å². The monoisotopic (exact) mass is 290 g/mol. The van der Waals surface area contributed by atoms with Gasteiger partial charge in [-0.15, -0.1) is 0 Å². The van der Waals surface area contributed by atoms with E-state index in [0.29, 0.717) is 5.75 Å². The molecule has 0 unspecified atom stereocenters. The smallest absolute Gasteiger partial charge is 0.161 e. The van der Waals surface area contributed by atoms with Crippen LogP contribution in [0.3, 0.4) is 0 Å². The van der Waals surface area contributed by atoms with Gasteiger partial charge in [-0.3, -0.25) is 4.98 Å². The Morgan fingerprint density at radius 1 is 1.05 bits per heavy atom. The van der Waals surface area contributed by atoms with Crippen molar-refractivity contribution in [3.05, 3.63) is 54.7 Å². The van der Waals surface area contributed by atoms with E-state index in [1.54, 1.807) is 18.3 Å². The molecule has 2 aromatic heterocycles. The molecular formula is C18H14N2O2. The highest BCUT2D eigenvalue weighted by atomic mass is 16.5. The number of H-pyrrole nitrogens is 1. The van der Waals surface area contributed by atoms with Crippen molar-refractivity contribution in [1.29, 1.82) is 0 Å². The lowest BCUT2D eigenvalue weighted by Crippen LogP contribution is -1.88. The largest absolute Gasteiger partial charge is 0.504 e. The van der Waals surface area contributed by atoms with E-state index in [9.17, 15) is 5.11 Å². The second-order valence-electron chi connectivity index (χ2n) is 5.14. The van der Waals surface area contributed by atoms with Crippen molar-refractivity contribution in [2.75, 3.05) is 7.11 Å². The molecular weight excluding hydrogens is 276 g/mol. The molecule has 0 saturated carbocycles. The van der Waals surface area contributed by atoms with Crippen molar-refractivity contribution in [3.63, 3.8) is 0 Å². The van der Waals surface area contributed by atoms with Crippen molar-refractivity contribution in [2.24, 2.45) is 0 Å². The van der Waals surface area contributed by atoms with Gasteiger partial charge in [0.25, 0.3) is 0 Å². The topological polar surface area (TPSA) is 58.1 Å². The number of ether oxygens (including phenoxy) is 1. The molecule has 2 heterocycles. The first-order valence-corrected chi connectivity index (χ1v) is 7.01. The SMILES string of the molecule is COc1cc(-c2nccc3c2[nH]c2ccccc23)ccc1O. The maximum absolute atomic E-state index is 9.76. The van der Waals surface area contributed by atoms with E-state index >= 15 is 0 Å². The maximum atomic E-state index is 9.76. The maximum Gasteiger partial charge on any atom is 0.161 e. The van der Waals surface area contributed by atoms with E-state index < -0.39 is 0 Å². The Morgan fingerprint density at radius 3 is 2.77 bits per heavy atom. The lowest BCUT2D eigenvalue weighted by Gasteiger charge is -2.07. The van der Waals surface area contributed by atoms with Gasteiger partial charge in [-0.1, -0.05) is 18.2 Å². The number of para-hydroxylation sites is 1. The van der Waals surface area contributed by atoms with Crippen LogP contribution in [0.4, 0.5) is 0 Å². The number of aromatic hydroxyl groups is 1. The van der Waals surface area contributed by atoms with Crippen LogP contribution in [-0.4, -0.2) is 22.2 Å². The van der Waals surface area contributed by atoms with E-state index in [4.69, 9.17) is 4.74 Å². The highest BCUT2D eigenvalue weighted by molar-refractivity contribution is 6.10. The predicted molar refractivity (Wildman–Crippen MR) is 87.3 cm³/mol. The van der Waals surface area contributed by atoms with Crippen LogP contribution in [0.5, 0.6) is 11.5 Å². The van der Waals surface area contributed by atoms with Crippen LogP contribution in [0.2, 0.25) is 0 Å². The van der Waals surface area contributed by atoms with Crippen LogP contribution < -0.4 is 4.74 Å². The number of phenolic OH excluding ortho intramolecular Hbond substituents is 1. The van der Waals surface area contributed by atoms with Gasteiger partial charge in [-0.2, -0.15) is 0 Å². The number of aromatic nitrogens is 2. The minimum absolute atomic E-state index is 0.120. The summed E-state index contributed by atoms with van der Waals surface area (Å²) in [7, 11) is 1.54. The highest BCUT2D eigenvalue weighted by Crippen LogP contribution is 2.35. The Morgan fingerprint density at radius 2 is 1.91 bits per heavy atom. The fourth-order valence-electron chi connectivity index (χ4n) is 2.82. The summed E-state index contributed by atoms with van der Waals surface area (Å²) in [6.45, 7) is 0. The number of hydrogen-bond acceptors (Lipinski definition) is 3. The number of benzene rings is 2. The zero-order chi connectivity index (χ0) is 15.1. The molecule has 2 N–H and O–H groups in total. The van der Waals surface area contributed by atoms with Gasteiger partial charge in [0.05, 0.1) is 18.3 Å². The fraction of sp³-hybridized carbons (Fsp3) is 0.0556. The number of phenols is 1. The Balaban J connectivity index is 2.03. The average molecular weight is 290 g/mol. The molecule has 0 atom stereocenters. The number of hydrogen-bond donors (Lipinski definition) is 2. The van der Waals surface area contributed by atoms with Crippen LogP contribution >= 0.6 is 0 Å². The third-order valence-electron chi connectivity index (χ3n) is 3.88. The normalized spacial score (nSPS) is 11.1. The first-order chi connectivity index (χ1) is 10.8. The number of pyridine rings is 1. The molecule has 0 radical (unpaired) electrons. The Bertz CT molecular complexity index is 989. The van der Waals surface area contributed by atoms with E-state index in [1.807, 2.05) is 24.3 Å². The Labute approximate surface area is 127 Å². The van der Waals surface area contributed by atoms with E-state index in [0.717, 1.165) is 27.7 Å². The molecule has 0 bridgehead atoms. The number of nitrogens with one attached hydrogen (secondary N) is 1. The molecule has 22 heavy (non-hydrogen) atoms. The third-order valence-corrected chi connectivity index (χ3v) is 3.88. The summed E-state index contributed by atoms with van der Waals surface area (Å²) < 4.78 is 5.19. The van der Waals surface area contributed by atoms with Gasteiger partial charge in [-0.25, -0.2) is 0 Å². The number of fused-ring (bicyclic) bond motifs is 3. The summed E-state index contributed by atoms with van der Waals surface area (Å²) in [5.41, 5.74) is 3.80. The van der Waals surface area contributed by atoms with Crippen molar-refractivity contribution in [1.82, 2.24) is 9.97 Å². The number of rotatable bonds is 2. The fourth-order valence-corrected chi connectivity index (χ4v) is 2.82. The predicted octanol–water partition coefficient (Wildman–Crippen LogP) is 4.10. The number of nitrogens with zero attached hydrogens (tertiary/aromatic N) is 1. The summed E-state index contributed by atoms with van der Waals surface area (Å²) in [6.07, 6.45) is 1.80. The van der Waals surface area contributed by atoms with Crippen molar-refractivity contribution < 1.29 is 9.84 Å². The zero-order valence-electron chi connectivity index (χ0n) is 12.0. The molecule has 2 aromatic carbocycles. The van der Waals surface area contributed by atoms with Gasteiger partial charge in [-0.05, 0) is 30.3 Å². The molecule has 0 amide bonds. The van der Waals surface area contributed by atoms with Crippen LogP contribution in [0.25, 0.3) is 33.1 Å². The molecule has 4 aromatic rings. The summed E-state index contributed by atoms with van der Waals surface area (Å²) >= 11 is 0. The highest BCUT2D eigenvalue weighted by Gasteiger charge is 2.12. The molecule has 0 aliphatic heterocycles. The standard InChI is InChI=1S/C18H14N2O2/c1-22-16-10-11(6-7-15(16)21)17-18-13(8-9-19-17)12-4-2-3-5-14(12)20-18/h2-10,20-21H,1H3. The molecule has 0 aliphatic carbocycles. The molecule has 4 nitrogen and oxygen atoms in total. The van der Waals surface area contributed by atoms with Crippen LogP contribution in [0.15, 0.2) is 54.7 Å². The molecule has 0 aliphatic rings. The third kappa shape index (κ3) is 1.81. The lowest BCUT2D eigenvalue weighted by atomic mass is 10.1. The molecule has 0 fully saturated rings. The average Bonchev–Trinajstić information content (AvgIpc) is 2.94. The van der Waals surface area contributed by atoms with Gasteiger partial charge in [0, 0.05) is 28.0 Å². The van der Waals surface area contributed by atoms with Gasteiger partial charge in [0.2, 0.25) is 0 Å². The van der Waals surface area contributed by atoms with Gasteiger partial charge >= 0.3 is 0 Å². The summed E-state index contributed by atoms with van der Waals surface area (Å²) in [5.74, 6) is 0.558. The van der Waals surface area contributed by atoms with Crippen molar-refractivity contribution in [2.45, 2.75) is 0 Å². The van der Waals surface area contributed by atoms with Crippen LogP contribution in [0.1, 0.15) is 0 Å². The first kappa shape index (κ1) is 12.7. The number of aromatic amines is 1. The lowest BCUT2D eigenvalue weighted by molar-refractivity contribution is 0.373. The van der Waals surface area contributed by atoms with Gasteiger partial charge < -0.3 is 14.8 Å². The molecule has 4 heteroatoms. The minimum Gasteiger partial charge on any atom is -0.504 e. The van der Waals surface area contributed by atoms with Crippen molar-refractivity contribution >= 4 is 21.8 Å². The Hall–Kier alpha value is -3.01. The van der Waals surface area contributed by atoms with Gasteiger partial charge in [0.15, 0.2) is 11.5 Å². The molecule has 4 rings (SSSR count). The summed E-state index contributed by atoms with van der Waals surface area (Å²) in [5, 5.41) is 12.1. The van der Waals surface area contributed by atoms with E-state index in [2.05, 4.69) is 22.1 Å². The van der Waals surface area contributed by atoms with Crippen LogP contribution in [-0.2, 0) is 0 Å². The molecule has 0 saturated heterocycles. The second kappa shape index (κ2) is 4.77.